The number of rotatable bonds is 3. The predicted molar refractivity (Wildman–Crippen MR) is 128 cm³/mol. The van der Waals surface area contributed by atoms with Crippen LogP contribution in [0.2, 0.25) is 5.02 Å². The average Bonchev–Trinajstić information content (AvgIpc) is 3.62. The molecular formula is C25H22ClN3O4S. The van der Waals surface area contributed by atoms with Crippen molar-refractivity contribution in [3.8, 4) is 16.9 Å². The molecule has 0 aliphatic carbocycles. The van der Waals surface area contributed by atoms with Crippen LogP contribution in [0.3, 0.4) is 0 Å². The fraction of sp³-hybridized carbons (Fsp3) is 0.360. The highest BCUT2D eigenvalue weighted by molar-refractivity contribution is 7.19. The minimum absolute atomic E-state index is 0.240. The topological polar surface area (TPSA) is 89.6 Å². The van der Waals surface area contributed by atoms with Crippen LogP contribution < -0.4 is 10.1 Å². The van der Waals surface area contributed by atoms with Crippen molar-refractivity contribution < 1.29 is 19.1 Å². The molecule has 7 nitrogen and oxygen atoms in total. The molecule has 3 aliphatic heterocycles. The lowest BCUT2D eigenvalue weighted by Crippen LogP contribution is -2.24. The van der Waals surface area contributed by atoms with Crippen molar-refractivity contribution in [3.63, 3.8) is 0 Å². The Balaban J connectivity index is 1.32. The zero-order valence-electron chi connectivity index (χ0n) is 18.3. The minimum atomic E-state index is -0.958. The Morgan fingerprint density at radius 3 is 3.06 bits per heavy atom. The molecule has 6 heterocycles. The van der Waals surface area contributed by atoms with Crippen LogP contribution in [0.5, 0.6) is 5.75 Å². The number of nitrogens with one attached hydrogen (secondary N) is 1. The van der Waals surface area contributed by atoms with Crippen molar-refractivity contribution in [2.24, 2.45) is 0 Å². The van der Waals surface area contributed by atoms with Crippen molar-refractivity contribution in [1.29, 1.82) is 0 Å². The van der Waals surface area contributed by atoms with Gasteiger partial charge in [-0.3, -0.25) is 4.98 Å². The number of hydrogen-bond acceptors (Lipinski definition) is 8. The van der Waals surface area contributed by atoms with Gasteiger partial charge in [0.05, 0.1) is 22.5 Å². The van der Waals surface area contributed by atoms with Gasteiger partial charge in [0.1, 0.15) is 11.4 Å². The Labute approximate surface area is 204 Å². The van der Waals surface area contributed by atoms with Gasteiger partial charge in [-0.1, -0.05) is 16.8 Å². The largest absolute Gasteiger partial charge is 0.481 e. The van der Waals surface area contributed by atoms with E-state index in [1.807, 2.05) is 24.3 Å². The highest BCUT2D eigenvalue weighted by Crippen LogP contribution is 2.49. The Morgan fingerprint density at radius 2 is 2.18 bits per heavy atom. The molecule has 9 heteroatoms. The Bertz CT molecular complexity index is 1430. The molecule has 0 bridgehead atoms. The van der Waals surface area contributed by atoms with Crippen LogP contribution in [0.4, 0.5) is 0 Å². The van der Waals surface area contributed by atoms with E-state index in [1.54, 1.807) is 17.5 Å². The zero-order chi connectivity index (χ0) is 22.9. The molecule has 0 radical (unpaired) electrons. The monoisotopic (exact) mass is 495 g/mol. The summed E-state index contributed by atoms with van der Waals surface area (Å²) >= 11 is 8.13. The number of halogens is 1. The quantitative estimate of drug-likeness (QED) is 0.431. The molecule has 3 aliphatic rings. The van der Waals surface area contributed by atoms with E-state index < -0.39 is 5.60 Å². The molecule has 0 spiro atoms. The molecule has 7 rings (SSSR count). The summed E-state index contributed by atoms with van der Waals surface area (Å²) in [5.41, 5.74) is 4.97. The Hall–Kier alpha value is -2.49. The number of aromatic nitrogens is 2. The Morgan fingerprint density at radius 1 is 1.24 bits per heavy atom. The maximum absolute atomic E-state index is 11.1. The normalized spacial score (nSPS) is 23.8. The molecule has 4 aromatic rings. The van der Waals surface area contributed by atoms with Gasteiger partial charge < -0.3 is 24.4 Å². The molecule has 3 aromatic heterocycles. The molecule has 0 amide bonds. The molecule has 1 aromatic carbocycles. The third-order valence-electron chi connectivity index (χ3n) is 6.99. The number of fused-ring (bicyclic) bond motifs is 3. The number of thiophene rings is 1. The van der Waals surface area contributed by atoms with Crippen LogP contribution in [0.1, 0.15) is 40.0 Å². The van der Waals surface area contributed by atoms with Crippen LogP contribution in [-0.4, -0.2) is 35.0 Å². The van der Waals surface area contributed by atoms with Crippen LogP contribution in [-0.2, 0) is 29.7 Å². The van der Waals surface area contributed by atoms with E-state index in [9.17, 15) is 5.11 Å². The van der Waals surface area contributed by atoms with E-state index in [2.05, 4.69) is 15.5 Å². The summed E-state index contributed by atoms with van der Waals surface area (Å²) in [7, 11) is 0. The minimum Gasteiger partial charge on any atom is -0.481 e. The number of nitrogens with zero attached hydrogens (tertiary/aromatic N) is 2. The summed E-state index contributed by atoms with van der Waals surface area (Å²) < 4.78 is 18.7. The highest BCUT2D eigenvalue weighted by Gasteiger charge is 2.37. The number of pyridine rings is 1. The second-order valence-corrected chi connectivity index (χ2v) is 10.7. The number of aliphatic hydroxyl groups is 1. The van der Waals surface area contributed by atoms with E-state index in [1.165, 1.54) is 0 Å². The summed E-state index contributed by atoms with van der Waals surface area (Å²) in [6, 6.07) is 7.88. The molecule has 174 valence electrons. The smallest absolute Gasteiger partial charge is 0.182 e. The van der Waals surface area contributed by atoms with Gasteiger partial charge >= 0.3 is 0 Å². The van der Waals surface area contributed by atoms with Crippen LogP contribution >= 0.6 is 22.9 Å². The van der Waals surface area contributed by atoms with Crippen molar-refractivity contribution in [1.82, 2.24) is 15.5 Å². The van der Waals surface area contributed by atoms with E-state index in [-0.39, 0.29) is 6.10 Å². The summed E-state index contributed by atoms with van der Waals surface area (Å²) in [6.45, 7) is 2.52. The predicted octanol–water partition coefficient (Wildman–Crippen LogP) is 4.53. The molecule has 0 saturated carbocycles. The fourth-order valence-corrected chi connectivity index (χ4v) is 6.70. The number of hydrogen-bond donors (Lipinski definition) is 2. The molecule has 1 fully saturated rings. The third kappa shape index (κ3) is 3.21. The van der Waals surface area contributed by atoms with Gasteiger partial charge in [-0.05, 0) is 24.3 Å². The maximum atomic E-state index is 11.1. The van der Waals surface area contributed by atoms with E-state index in [0.29, 0.717) is 31.1 Å². The first-order valence-electron chi connectivity index (χ1n) is 11.5. The average molecular weight is 496 g/mol. The number of benzene rings is 1. The first-order valence-corrected chi connectivity index (χ1v) is 12.7. The molecule has 2 atom stereocenters. The molecular weight excluding hydrogens is 474 g/mol. The van der Waals surface area contributed by atoms with Crippen LogP contribution in [0.15, 0.2) is 35.0 Å². The Kier molecular flexibility index (Phi) is 4.76. The van der Waals surface area contributed by atoms with Crippen molar-refractivity contribution in [2.45, 2.75) is 37.5 Å². The van der Waals surface area contributed by atoms with Crippen LogP contribution in [0, 0.1) is 0 Å². The van der Waals surface area contributed by atoms with Crippen molar-refractivity contribution in [3.05, 3.63) is 62.9 Å². The van der Waals surface area contributed by atoms with Gasteiger partial charge in [-0.15, -0.1) is 11.3 Å². The fourth-order valence-electron chi connectivity index (χ4n) is 5.21. The second kappa shape index (κ2) is 7.76. The van der Waals surface area contributed by atoms with Gasteiger partial charge in [-0.2, -0.15) is 0 Å². The van der Waals surface area contributed by atoms with Gasteiger partial charge in [0.2, 0.25) is 0 Å². The van der Waals surface area contributed by atoms with Crippen molar-refractivity contribution in [2.75, 3.05) is 19.8 Å². The SMILES string of the molecule is O[C@@]1(c2cc3nccc(-c4cc(Cl)cc5c4O[C@@H](c4onc6c4CNCC6)C5)c3s2)CCOC1. The van der Waals surface area contributed by atoms with Gasteiger partial charge in [0.25, 0.3) is 0 Å². The van der Waals surface area contributed by atoms with Gasteiger partial charge in [0, 0.05) is 77.3 Å². The molecule has 1 saturated heterocycles. The van der Waals surface area contributed by atoms with Crippen LogP contribution in [0.25, 0.3) is 21.3 Å². The van der Waals surface area contributed by atoms with Gasteiger partial charge in [0.15, 0.2) is 11.9 Å². The van der Waals surface area contributed by atoms with E-state index in [4.69, 9.17) is 25.6 Å². The first kappa shape index (κ1) is 20.8. The van der Waals surface area contributed by atoms with Gasteiger partial charge in [-0.25, -0.2) is 0 Å². The van der Waals surface area contributed by atoms with E-state index in [0.717, 1.165) is 74.1 Å². The lowest BCUT2D eigenvalue weighted by atomic mass is 9.99. The summed E-state index contributed by atoms with van der Waals surface area (Å²) in [5, 5.41) is 19.4. The number of ether oxygens (including phenoxy) is 2. The summed E-state index contributed by atoms with van der Waals surface area (Å²) in [4.78, 5) is 5.44. The molecule has 2 N–H and O–H groups in total. The first-order chi connectivity index (χ1) is 16.6. The zero-order valence-corrected chi connectivity index (χ0v) is 19.8. The standard InChI is InChI=1S/C25H22ClN3O4S/c26-14-7-13-8-20(23-17-11-27-4-2-18(17)29-33-23)32-22(13)16(9-14)15-1-5-28-19-10-21(34-24(15)19)25(30)3-6-31-12-25/h1,5,7,9-10,20,27,30H,2-4,6,8,11-12H2/t20-,25+/m1/s1. The second-order valence-electron chi connectivity index (χ2n) is 9.17. The van der Waals surface area contributed by atoms with Crippen molar-refractivity contribution >= 4 is 33.2 Å². The molecule has 0 unspecified atom stereocenters. The lowest BCUT2D eigenvalue weighted by Gasteiger charge is -2.17. The highest BCUT2D eigenvalue weighted by atomic mass is 35.5. The molecule has 34 heavy (non-hydrogen) atoms. The van der Waals surface area contributed by atoms with E-state index >= 15 is 0 Å². The summed E-state index contributed by atoms with van der Waals surface area (Å²) in [5.74, 6) is 1.61. The lowest BCUT2D eigenvalue weighted by molar-refractivity contribution is 0.0264. The third-order valence-corrected chi connectivity index (χ3v) is 8.56. The summed E-state index contributed by atoms with van der Waals surface area (Å²) in [6.07, 6.45) is 3.68. The maximum Gasteiger partial charge on any atom is 0.182 e.